The van der Waals surface area contributed by atoms with E-state index in [2.05, 4.69) is 6.92 Å². The molecule has 0 amide bonds. The number of methoxy groups -OCH3 is 2. The van der Waals surface area contributed by atoms with Crippen LogP contribution in [0.5, 0.6) is 23.0 Å². The van der Waals surface area contributed by atoms with E-state index in [-0.39, 0.29) is 5.75 Å². The van der Waals surface area contributed by atoms with Crippen LogP contribution in [0.25, 0.3) is 0 Å². The van der Waals surface area contributed by atoms with E-state index in [4.69, 9.17) is 45.2 Å². The predicted octanol–water partition coefficient (Wildman–Crippen LogP) is 8.56. The molecular weight excluding hydrogens is 658 g/mol. The molecule has 0 aliphatic heterocycles. The number of nitriles is 1. The molecule has 51 heavy (non-hydrogen) atoms. The highest BCUT2D eigenvalue weighted by molar-refractivity contribution is 5.61. The Labute approximate surface area is 299 Å². The number of benzene rings is 4. The molecule has 0 heterocycles. The molecule has 4 aromatic carbocycles. The molecule has 0 saturated carbocycles. The highest BCUT2D eigenvalue weighted by Gasteiger charge is 2.22. The molecule has 12 heteroatoms. The number of anilines is 3. The van der Waals surface area contributed by atoms with Crippen molar-refractivity contribution in [2.75, 3.05) is 57.9 Å². The minimum Gasteiger partial charge on any atom is -0.493 e. The molecule has 0 saturated heterocycles. The third-order valence-corrected chi connectivity index (χ3v) is 7.47. The molecule has 0 spiro atoms. The third-order valence-electron chi connectivity index (χ3n) is 7.47. The second-order valence-corrected chi connectivity index (χ2v) is 11.6. The van der Waals surface area contributed by atoms with Crippen molar-refractivity contribution in [3.63, 3.8) is 0 Å². The lowest BCUT2D eigenvalue weighted by molar-refractivity contribution is -0.0597. The predicted molar refractivity (Wildman–Crippen MR) is 195 cm³/mol. The van der Waals surface area contributed by atoms with Gasteiger partial charge in [0, 0.05) is 69.5 Å². The first-order valence-electron chi connectivity index (χ1n) is 16.6. The molecule has 0 bridgehead atoms. The van der Waals surface area contributed by atoms with Gasteiger partial charge in [-0.2, -0.15) is 5.26 Å². The van der Waals surface area contributed by atoms with Crippen LogP contribution in [0.3, 0.4) is 0 Å². The SMILES string of the molecule is CCCCCOc1cc(N(C)C)ccc1N.CCCOc1cc(OC(OC)c2ccc(N)cc2)ccc1C(OC)Oc1cc(F)c(C#N)c(F)c1. The van der Waals surface area contributed by atoms with Crippen LogP contribution in [0.4, 0.5) is 25.8 Å². The third kappa shape index (κ3) is 11.9. The lowest BCUT2D eigenvalue weighted by Gasteiger charge is -2.23. The second-order valence-electron chi connectivity index (χ2n) is 11.6. The van der Waals surface area contributed by atoms with Gasteiger partial charge in [-0.05, 0) is 49.2 Å². The van der Waals surface area contributed by atoms with Crippen molar-refractivity contribution in [1.29, 1.82) is 5.26 Å². The van der Waals surface area contributed by atoms with Crippen molar-refractivity contribution in [3.8, 4) is 29.1 Å². The summed E-state index contributed by atoms with van der Waals surface area (Å²) >= 11 is 0. The fourth-order valence-electron chi connectivity index (χ4n) is 4.70. The van der Waals surface area contributed by atoms with E-state index in [1.54, 1.807) is 42.5 Å². The Kier molecular flexibility index (Phi) is 16.1. The van der Waals surface area contributed by atoms with Crippen molar-refractivity contribution in [2.45, 2.75) is 52.1 Å². The van der Waals surface area contributed by atoms with Crippen molar-refractivity contribution in [1.82, 2.24) is 0 Å². The van der Waals surface area contributed by atoms with E-state index >= 15 is 0 Å². The van der Waals surface area contributed by atoms with E-state index in [1.165, 1.54) is 33.1 Å². The summed E-state index contributed by atoms with van der Waals surface area (Å²) in [7, 11) is 6.92. The zero-order valence-corrected chi connectivity index (χ0v) is 30.1. The van der Waals surface area contributed by atoms with Gasteiger partial charge in [0.2, 0.25) is 12.6 Å². The molecule has 0 aliphatic rings. The zero-order valence-electron chi connectivity index (χ0n) is 30.1. The molecular formula is C39H48F2N4O6. The van der Waals surface area contributed by atoms with Gasteiger partial charge in [-0.3, -0.25) is 0 Å². The summed E-state index contributed by atoms with van der Waals surface area (Å²) in [5.74, 6) is -0.557. The first-order chi connectivity index (χ1) is 24.5. The van der Waals surface area contributed by atoms with Gasteiger partial charge in [0.1, 0.15) is 46.3 Å². The van der Waals surface area contributed by atoms with Crippen LogP contribution in [0.15, 0.2) is 72.8 Å². The Balaban J connectivity index is 0.000000367. The van der Waals surface area contributed by atoms with Crippen LogP contribution < -0.4 is 35.3 Å². The average molecular weight is 707 g/mol. The van der Waals surface area contributed by atoms with Gasteiger partial charge >= 0.3 is 0 Å². The van der Waals surface area contributed by atoms with Crippen molar-refractivity contribution >= 4 is 17.1 Å². The van der Waals surface area contributed by atoms with Crippen LogP contribution in [-0.4, -0.2) is 41.5 Å². The van der Waals surface area contributed by atoms with Crippen molar-refractivity contribution in [3.05, 3.63) is 101 Å². The Morgan fingerprint density at radius 1 is 0.725 bits per heavy atom. The highest BCUT2D eigenvalue weighted by Crippen LogP contribution is 2.35. The van der Waals surface area contributed by atoms with Gasteiger partial charge in [-0.1, -0.05) is 38.8 Å². The number of hydrogen-bond acceptors (Lipinski definition) is 10. The van der Waals surface area contributed by atoms with E-state index in [0.717, 1.165) is 48.6 Å². The molecule has 2 atom stereocenters. The minimum absolute atomic E-state index is 0.143. The Bertz CT molecular complexity index is 1690. The van der Waals surface area contributed by atoms with E-state index in [9.17, 15) is 8.78 Å². The Hall–Kier alpha value is -5.25. The first kappa shape index (κ1) is 40.2. The summed E-state index contributed by atoms with van der Waals surface area (Å²) in [4.78, 5) is 2.04. The lowest BCUT2D eigenvalue weighted by Crippen LogP contribution is -2.14. The second kappa shape index (κ2) is 20.4. The van der Waals surface area contributed by atoms with Crippen LogP contribution in [0.2, 0.25) is 0 Å². The Morgan fingerprint density at radius 3 is 1.96 bits per heavy atom. The summed E-state index contributed by atoms with van der Waals surface area (Å²) in [6, 6.07) is 21.3. The summed E-state index contributed by atoms with van der Waals surface area (Å²) < 4.78 is 62.2. The van der Waals surface area contributed by atoms with Crippen molar-refractivity contribution in [2.24, 2.45) is 0 Å². The van der Waals surface area contributed by atoms with Gasteiger partial charge < -0.3 is 44.8 Å². The van der Waals surface area contributed by atoms with Gasteiger partial charge in [-0.15, -0.1) is 0 Å². The number of unbranched alkanes of at least 4 members (excludes halogenated alkanes) is 2. The molecule has 0 radical (unpaired) electrons. The topological polar surface area (TPSA) is 134 Å². The fourth-order valence-corrected chi connectivity index (χ4v) is 4.70. The molecule has 0 fully saturated rings. The van der Waals surface area contributed by atoms with Crippen molar-refractivity contribution < 1.29 is 37.2 Å². The summed E-state index contributed by atoms with van der Waals surface area (Å²) in [6.45, 7) is 5.28. The number of ether oxygens (including phenoxy) is 6. The van der Waals surface area contributed by atoms with Gasteiger partial charge in [0.05, 0.1) is 24.5 Å². The maximum absolute atomic E-state index is 14.0. The quantitative estimate of drug-likeness (QED) is 0.0625. The number of nitrogens with two attached hydrogens (primary N) is 2. The maximum Gasteiger partial charge on any atom is 0.230 e. The normalized spacial score (nSPS) is 11.7. The molecule has 4 rings (SSSR count). The molecule has 4 N–H and O–H groups in total. The van der Waals surface area contributed by atoms with E-state index in [0.29, 0.717) is 35.0 Å². The minimum atomic E-state index is -1.06. The molecule has 10 nitrogen and oxygen atoms in total. The number of rotatable bonds is 17. The van der Waals surface area contributed by atoms with Gasteiger partial charge in [0.25, 0.3) is 0 Å². The number of nitrogen functional groups attached to an aromatic ring is 2. The molecule has 274 valence electrons. The smallest absolute Gasteiger partial charge is 0.230 e. The van der Waals surface area contributed by atoms with E-state index in [1.807, 2.05) is 44.1 Å². The van der Waals surface area contributed by atoms with Gasteiger partial charge in [-0.25, -0.2) is 8.78 Å². The number of halogens is 2. The molecule has 0 aliphatic carbocycles. The largest absolute Gasteiger partial charge is 0.493 e. The van der Waals surface area contributed by atoms with Crippen LogP contribution in [-0.2, 0) is 9.47 Å². The fraction of sp³-hybridized carbons (Fsp3) is 0.359. The zero-order chi connectivity index (χ0) is 37.3. The summed E-state index contributed by atoms with van der Waals surface area (Å²) in [5, 5.41) is 8.87. The number of hydrogen-bond donors (Lipinski definition) is 2. The van der Waals surface area contributed by atoms with Crippen LogP contribution in [0, 0.1) is 23.0 Å². The lowest BCUT2D eigenvalue weighted by atomic mass is 10.1. The monoisotopic (exact) mass is 706 g/mol. The standard InChI is InChI=1S/C26H26F2N2O5.C13H22N2O/c1-4-11-33-24-14-18(34-25(31-2)16-5-7-17(30)8-6-16)9-10-20(24)26(32-3)35-19-12-22(27)21(15-29)23(28)13-19;1-4-5-6-9-16-13-10-11(15(2)3)7-8-12(13)14/h5-10,12-14,25-26H,4,11,30H2,1-3H3;7-8,10H,4-6,9,14H2,1-3H3. The van der Waals surface area contributed by atoms with Crippen LogP contribution >= 0.6 is 0 Å². The molecule has 0 aromatic heterocycles. The Morgan fingerprint density at radius 2 is 1.37 bits per heavy atom. The summed E-state index contributed by atoms with van der Waals surface area (Å²) in [5.41, 5.74) is 14.6. The number of nitrogens with zero attached hydrogens (tertiary/aromatic N) is 2. The van der Waals surface area contributed by atoms with Gasteiger partial charge in [0.15, 0.2) is 0 Å². The first-order valence-corrected chi connectivity index (χ1v) is 16.6. The average Bonchev–Trinajstić information content (AvgIpc) is 3.12. The molecule has 2 unspecified atom stereocenters. The maximum atomic E-state index is 14.0. The van der Waals surface area contributed by atoms with Crippen LogP contribution in [0.1, 0.15) is 68.8 Å². The molecule has 4 aromatic rings. The summed E-state index contributed by atoms with van der Waals surface area (Å²) in [6.07, 6.45) is 2.48. The highest BCUT2D eigenvalue weighted by atomic mass is 19.1. The van der Waals surface area contributed by atoms with E-state index < -0.39 is 29.8 Å².